The van der Waals surface area contributed by atoms with E-state index < -0.39 is 17.7 Å². The molecular weight excluding hydrogens is 352 g/mol. The Kier molecular flexibility index (Phi) is 5.04. The van der Waals surface area contributed by atoms with Crippen molar-refractivity contribution in [3.8, 4) is 5.75 Å². The normalized spacial score (nSPS) is 15.9. The maximum absolute atomic E-state index is 12.2. The van der Waals surface area contributed by atoms with Crippen LogP contribution in [0, 0.1) is 0 Å². The number of benzene rings is 2. The topological polar surface area (TPSA) is 61.8 Å². The summed E-state index contributed by atoms with van der Waals surface area (Å²) in [6.07, 6.45) is 1.50. The molecule has 2 aromatic carbocycles. The van der Waals surface area contributed by atoms with Gasteiger partial charge in [-0.1, -0.05) is 36.0 Å². The van der Waals surface area contributed by atoms with Crippen molar-refractivity contribution < 1.29 is 23.8 Å². The van der Waals surface area contributed by atoms with Gasteiger partial charge >= 0.3 is 11.9 Å². The molecule has 0 radical (unpaired) electrons. The second kappa shape index (κ2) is 7.25. The Hall–Kier alpha value is -2.73. The highest BCUT2D eigenvalue weighted by atomic mass is 32.2. The first-order chi connectivity index (χ1) is 12.4. The minimum Gasteiger partial charge on any atom is -0.497 e. The summed E-state index contributed by atoms with van der Waals surface area (Å²) in [6, 6.07) is 15.1. The summed E-state index contributed by atoms with van der Waals surface area (Å²) in [6.45, 7) is 3.04. The molecule has 1 fully saturated rings. The lowest BCUT2D eigenvalue weighted by atomic mass is 10.1. The molecule has 1 aliphatic rings. The zero-order chi connectivity index (χ0) is 18.7. The second-order valence-electron chi connectivity index (χ2n) is 6.06. The summed E-state index contributed by atoms with van der Waals surface area (Å²) in [4.78, 5) is 26.2. The van der Waals surface area contributed by atoms with Crippen LogP contribution >= 0.6 is 11.8 Å². The molecule has 0 spiro atoms. The Bertz CT molecular complexity index is 863. The van der Waals surface area contributed by atoms with Gasteiger partial charge in [-0.2, -0.15) is 0 Å². The fourth-order valence-corrected chi connectivity index (χ4v) is 3.39. The van der Waals surface area contributed by atoms with Gasteiger partial charge in [-0.3, -0.25) is 0 Å². The number of rotatable bonds is 4. The number of carbonyl (C=O) groups excluding carboxylic acids is 2. The molecular formula is C20H18O5S. The predicted molar refractivity (Wildman–Crippen MR) is 97.8 cm³/mol. The Morgan fingerprint density at radius 1 is 1.00 bits per heavy atom. The number of carbonyl (C=O) groups is 2. The van der Waals surface area contributed by atoms with Gasteiger partial charge in [0.15, 0.2) is 0 Å². The van der Waals surface area contributed by atoms with E-state index in [0.717, 1.165) is 21.1 Å². The van der Waals surface area contributed by atoms with E-state index in [9.17, 15) is 9.59 Å². The summed E-state index contributed by atoms with van der Waals surface area (Å²) >= 11 is 1.51. The molecule has 6 heteroatoms. The van der Waals surface area contributed by atoms with E-state index in [-0.39, 0.29) is 5.57 Å². The van der Waals surface area contributed by atoms with E-state index in [0.29, 0.717) is 0 Å². The largest absolute Gasteiger partial charge is 0.497 e. The van der Waals surface area contributed by atoms with Crippen molar-refractivity contribution >= 4 is 29.8 Å². The van der Waals surface area contributed by atoms with Crippen LogP contribution in [0.15, 0.2) is 63.9 Å². The molecule has 0 saturated carbocycles. The Labute approximate surface area is 155 Å². The van der Waals surface area contributed by atoms with Gasteiger partial charge < -0.3 is 14.2 Å². The molecule has 0 aromatic heterocycles. The molecule has 0 amide bonds. The first kappa shape index (κ1) is 18.1. The van der Waals surface area contributed by atoms with Gasteiger partial charge in [-0.25, -0.2) is 9.59 Å². The van der Waals surface area contributed by atoms with Crippen molar-refractivity contribution in [2.45, 2.75) is 29.4 Å². The molecule has 0 aliphatic carbocycles. The first-order valence-electron chi connectivity index (χ1n) is 7.97. The number of methoxy groups -OCH3 is 1. The minimum atomic E-state index is -1.25. The van der Waals surface area contributed by atoms with Crippen LogP contribution in [0.5, 0.6) is 5.75 Å². The van der Waals surface area contributed by atoms with E-state index in [1.165, 1.54) is 31.7 Å². The smallest absolute Gasteiger partial charge is 0.348 e. The summed E-state index contributed by atoms with van der Waals surface area (Å²) < 4.78 is 15.5. The van der Waals surface area contributed by atoms with E-state index in [4.69, 9.17) is 14.2 Å². The SMILES string of the molecule is COc1cccc(Sc2ccccc2C=C2C(=O)OC(C)(C)OC2=O)c1. The molecule has 0 atom stereocenters. The van der Waals surface area contributed by atoms with Crippen LogP contribution in [0.25, 0.3) is 6.08 Å². The highest BCUT2D eigenvalue weighted by molar-refractivity contribution is 7.99. The molecule has 0 N–H and O–H groups in total. The van der Waals surface area contributed by atoms with Crippen molar-refractivity contribution in [1.29, 1.82) is 0 Å². The van der Waals surface area contributed by atoms with Crippen molar-refractivity contribution in [3.63, 3.8) is 0 Å². The van der Waals surface area contributed by atoms with Crippen molar-refractivity contribution in [2.75, 3.05) is 7.11 Å². The number of hydrogen-bond donors (Lipinski definition) is 0. The van der Waals surface area contributed by atoms with Gasteiger partial charge in [0.2, 0.25) is 0 Å². The van der Waals surface area contributed by atoms with Crippen LogP contribution in [0.3, 0.4) is 0 Å². The van der Waals surface area contributed by atoms with Gasteiger partial charge in [-0.15, -0.1) is 0 Å². The lowest BCUT2D eigenvalue weighted by molar-refractivity contribution is -0.222. The van der Waals surface area contributed by atoms with E-state index in [1.54, 1.807) is 7.11 Å². The summed E-state index contributed by atoms with van der Waals surface area (Å²) in [7, 11) is 1.62. The molecule has 2 aromatic rings. The molecule has 0 bridgehead atoms. The third-order valence-corrected chi connectivity index (χ3v) is 4.69. The fourth-order valence-electron chi connectivity index (χ4n) is 2.42. The molecule has 0 unspecified atom stereocenters. The molecule has 1 aliphatic heterocycles. The summed E-state index contributed by atoms with van der Waals surface area (Å²) in [5, 5.41) is 0. The van der Waals surface area contributed by atoms with Crippen molar-refractivity contribution in [2.24, 2.45) is 0 Å². The maximum Gasteiger partial charge on any atom is 0.348 e. The average Bonchev–Trinajstić information content (AvgIpc) is 2.59. The van der Waals surface area contributed by atoms with E-state index in [2.05, 4.69) is 0 Å². The van der Waals surface area contributed by atoms with Crippen LogP contribution in [-0.2, 0) is 19.1 Å². The van der Waals surface area contributed by atoms with Gasteiger partial charge in [-0.05, 0) is 35.9 Å². The fraction of sp³-hybridized carbons (Fsp3) is 0.200. The van der Waals surface area contributed by atoms with Crippen LogP contribution in [0.2, 0.25) is 0 Å². The quantitative estimate of drug-likeness (QED) is 0.459. The lowest BCUT2D eigenvalue weighted by Crippen LogP contribution is -2.41. The van der Waals surface area contributed by atoms with Gasteiger partial charge in [0.1, 0.15) is 11.3 Å². The second-order valence-corrected chi connectivity index (χ2v) is 7.17. The van der Waals surface area contributed by atoms with Crippen LogP contribution in [0.4, 0.5) is 0 Å². The maximum atomic E-state index is 12.2. The van der Waals surface area contributed by atoms with Gasteiger partial charge in [0.25, 0.3) is 5.79 Å². The van der Waals surface area contributed by atoms with Gasteiger partial charge in [0.05, 0.1) is 7.11 Å². The Morgan fingerprint density at radius 3 is 2.38 bits per heavy atom. The number of cyclic esters (lactones) is 2. The zero-order valence-electron chi connectivity index (χ0n) is 14.6. The van der Waals surface area contributed by atoms with Gasteiger partial charge in [0, 0.05) is 23.6 Å². The van der Waals surface area contributed by atoms with Crippen LogP contribution in [-0.4, -0.2) is 24.8 Å². The number of hydrogen-bond acceptors (Lipinski definition) is 6. The van der Waals surface area contributed by atoms with E-state index in [1.807, 2.05) is 48.5 Å². The highest BCUT2D eigenvalue weighted by Crippen LogP contribution is 2.34. The molecule has 1 heterocycles. The molecule has 26 heavy (non-hydrogen) atoms. The Morgan fingerprint density at radius 2 is 1.69 bits per heavy atom. The van der Waals surface area contributed by atoms with Crippen LogP contribution < -0.4 is 4.74 Å². The summed E-state index contributed by atoms with van der Waals surface area (Å²) in [5.74, 6) is -1.87. The predicted octanol–water partition coefficient (Wildman–Crippen LogP) is 4.07. The molecule has 1 saturated heterocycles. The highest BCUT2D eigenvalue weighted by Gasteiger charge is 2.38. The zero-order valence-corrected chi connectivity index (χ0v) is 15.5. The molecule has 3 rings (SSSR count). The van der Waals surface area contributed by atoms with Crippen molar-refractivity contribution in [1.82, 2.24) is 0 Å². The van der Waals surface area contributed by atoms with E-state index >= 15 is 0 Å². The van der Waals surface area contributed by atoms with Crippen molar-refractivity contribution in [3.05, 3.63) is 59.7 Å². The molecule has 134 valence electrons. The number of ether oxygens (including phenoxy) is 3. The van der Waals surface area contributed by atoms with Crippen LogP contribution in [0.1, 0.15) is 19.4 Å². The third kappa shape index (κ3) is 4.08. The standard InChI is InChI=1S/C20H18O5S/c1-20(2)24-18(21)16(19(22)25-20)11-13-7-4-5-10-17(13)26-15-9-6-8-14(12-15)23-3/h4-12H,1-3H3. The average molecular weight is 370 g/mol. The number of esters is 2. The lowest BCUT2D eigenvalue weighted by Gasteiger charge is -2.29. The minimum absolute atomic E-state index is 0.122. The summed E-state index contributed by atoms with van der Waals surface area (Å²) in [5.41, 5.74) is 0.604. The first-order valence-corrected chi connectivity index (χ1v) is 8.79. The molecule has 5 nitrogen and oxygen atoms in total. The third-order valence-electron chi connectivity index (χ3n) is 3.60. The monoisotopic (exact) mass is 370 g/mol. The Balaban J connectivity index is 1.92.